The first kappa shape index (κ1) is 129. The van der Waals surface area contributed by atoms with E-state index in [1.807, 2.05) is 0 Å². The van der Waals surface area contributed by atoms with E-state index in [2.05, 4.69) is 338 Å². The Morgan fingerprint density at radius 1 is 0.444 bits per heavy atom. The van der Waals surface area contributed by atoms with Gasteiger partial charge in [-0.15, -0.1) is 0 Å². The monoisotopic (exact) mass is 1670 g/mol. The average molecular weight is 1670 g/mol. The van der Waals surface area contributed by atoms with Crippen molar-refractivity contribution in [3.8, 4) is 0 Å². The Bertz CT molecular complexity index is 2260. The molecule has 1 aliphatic heterocycles. The second-order valence-corrected chi connectivity index (χ2v) is 50.3. The van der Waals surface area contributed by atoms with Gasteiger partial charge >= 0.3 is 0 Å². The molecule has 1 saturated carbocycles. The van der Waals surface area contributed by atoms with E-state index in [9.17, 15) is 25.2 Å². The lowest BCUT2D eigenvalue weighted by atomic mass is 9.73. The van der Waals surface area contributed by atoms with Crippen LogP contribution < -0.4 is 0 Å². The minimum Gasteiger partial charge on any atom is -0.396 e. The van der Waals surface area contributed by atoms with Gasteiger partial charge in [-0.3, -0.25) is 0 Å². The molecule has 1 saturated heterocycles. The molecule has 0 amide bonds. The number of carbonyl (C=O) groups is 1. The minimum atomic E-state index is -0.265. The van der Waals surface area contributed by atoms with E-state index in [1.54, 1.807) is 0 Å². The van der Waals surface area contributed by atoms with Crippen molar-refractivity contribution in [3.05, 3.63) is 11.6 Å². The van der Waals surface area contributed by atoms with E-state index in [4.69, 9.17) is 14.9 Å². The smallest absolute Gasteiger partial charge is 0.148 e. The number of allylic oxidation sites excluding steroid dienone is 2. The number of carbonyl (C=O) groups excluding carboxylic acids is 1. The van der Waals surface area contributed by atoms with E-state index in [1.165, 1.54) is 89.0 Å². The summed E-state index contributed by atoms with van der Waals surface area (Å²) in [5, 5.41) is 56.8. The van der Waals surface area contributed by atoms with Crippen LogP contribution in [0.4, 0.5) is 0 Å². The highest BCUT2D eigenvalue weighted by Crippen LogP contribution is 2.41. The van der Waals surface area contributed by atoms with Crippen LogP contribution in [0.2, 0.25) is 0 Å². The van der Waals surface area contributed by atoms with Crippen LogP contribution in [0.1, 0.15) is 493 Å². The van der Waals surface area contributed by atoms with Crippen LogP contribution in [0, 0.1) is 143 Å². The third-order valence-corrected chi connectivity index (χ3v) is 27.5. The molecule has 117 heavy (non-hydrogen) atoms. The van der Waals surface area contributed by atoms with Crippen LogP contribution in [0.5, 0.6) is 0 Å². The topological polar surface area (TPSA) is 148 Å². The third-order valence-electron chi connectivity index (χ3n) is 27.5. The summed E-state index contributed by atoms with van der Waals surface area (Å²) in [6, 6.07) is 0. The van der Waals surface area contributed by atoms with Crippen LogP contribution in [0.15, 0.2) is 11.6 Å². The lowest BCUT2D eigenvalue weighted by molar-refractivity contribution is -0.142. The van der Waals surface area contributed by atoms with Crippen molar-refractivity contribution in [2.45, 2.75) is 529 Å². The molecule has 2 rings (SSSR count). The molecule has 2 fully saturated rings. The van der Waals surface area contributed by atoms with Gasteiger partial charge in [-0.25, -0.2) is 0 Å². The largest absolute Gasteiger partial charge is 0.396 e. The first-order chi connectivity index (χ1) is 52.5. The standard InChI is InChI=1S/C15H28O2.C14H30O2.C13H26.2C12H26O.2C12H26.C11H22O.C8H18O/c1-10(2)12-7-13(9-16)17-14(8-12)11(3)15(4,5)6;1-10(2)12(7-8-15)9-13(16)11(3)14(4,5)6;1-7-11(2)9-8-10-12(3)13(4,5)6;1-9(2)7-11(13)8-10(3)12(4,5)6;1-9(2)7-8-11(13)10(3)12(4,5)6;1-10(2)8-7-9-11(3)12(4,5)6;1-7-10(2)8-9-11(3)12(4,5)6;1-11(2,3)8-9-5-4-6-10(12)7-9;1-8(2,3)6-4-5-7-9/h9-14H,7-8H2,1-6H3;10-13,15-16H,7-9H2,1-6H3;9,12H,7-8,10H2,1-6H3;2*9-11,13H,7-8H2,1-6H3;2*10-11H,7-9H2,1-6H3;9-10,12H,4-8H2,1-3H3;9H,4-7H2,1-3H3/b;;11-9+;;;;;;. The third kappa shape index (κ3) is 78.4. The SMILES string of the molecule is CC(C)(C)CC1CCCC(O)C1.CC(C)(C)CCCCO.CC(C)C(CCO)CC(O)C(C)C(C)(C)C.CC(C)C1CC(C=O)OC(C(C)C(C)(C)C)C1.CC(C)CC(O)CC(C)C(C)(C)C.CC(C)CCC(O)C(C)C(C)(C)C.CC(C)CCCC(C)C(C)(C)C.CC/C(C)=C/CCC(C)C(C)(C)C.CCC(C)CCC(C)C(C)(C)C. The maximum Gasteiger partial charge on any atom is 0.148 e. The molecule has 8 nitrogen and oxygen atoms in total. The number of aliphatic hydroxyl groups is 6. The normalized spacial score (nSPS) is 20.5. The first-order valence-electron chi connectivity index (χ1n) is 49.3. The van der Waals surface area contributed by atoms with Gasteiger partial charge in [-0.1, -0.05) is 388 Å². The molecule has 0 radical (unpaired) electrons. The van der Waals surface area contributed by atoms with Crippen molar-refractivity contribution in [2.75, 3.05) is 13.2 Å². The molecule has 1 heterocycles. The highest BCUT2D eigenvalue weighted by Gasteiger charge is 2.38. The van der Waals surface area contributed by atoms with Crippen LogP contribution in [0.25, 0.3) is 0 Å². The summed E-state index contributed by atoms with van der Waals surface area (Å²) in [5.74, 6) is 10.3. The first-order valence-corrected chi connectivity index (χ1v) is 49.3. The summed E-state index contributed by atoms with van der Waals surface area (Å²) in [4.78, 5) is 11.0. The molecule has 0 bridgehead atoms. The van der Waals surface area contributed by atoms with E-state index in [-0.39, 0.29) is 65.4 Å². The molecule has 17 atom stereocenters. The fourth-order valence-corrected chi connectivity index (χ4v) is 13.9. The molecule has 8 heteroatoms. The molecule has 17 unspecified atom stereocenters. The van der Waals surface area contributed by atoms with Crippen LogP contribution in [-0.2, 0) is 9.53 Å². The molecule has 0 spiro atoms. The number of rotatable bonds is 33. The number of unbranched alkanes of at least 4 members (excludes halogenated alkanes) is 1. The Morgan fingerprint density at radius 2 is 0.906 bits per heavy atom. The molecule has 2 aliphatic rings. The van der Waals surface area contributed by atoms with Crippen molar-refractivity contribution in [3.63, 3.8) is 0 Å². The second kappa shape index (κ2) is 64.8. The molecular weight excluding hydrogens is 1440 g/mol. The van der Waals surface area contributed by atoms with Crippen molar-refractivity contribution in [1.29, 1.82) is 0 Å². The zero-order chi connectivity index (χ0) is 94.0. The summed E-state index contributed by atoms with van der Waals surface area (Å²) in [7, 11) is 0. The molecular formula is C109H228O8. The predicted octanol–water partition coefficient (Wildman–Crippen LogP) is 32.7. The second-order valence-electron chi connectivity index (χ2n) is 50.3. The van der Waals surface area contributed by atoms with E-state index in [0.29, 0.717) is 92.4 Å². The van der Waals surface area contributed by atoms with Crippen LogP contribution in [-0.4, -0.2) is 86.8 Å². The van der Waals surface area contributed by atoms with Crippen molar-refractivity contribution < 1.29 is 40.2 Å². The summed E-state index contributed by atoms with van der Waals surface area (Å²) < 4.78 is 5.94. The lowest BCUT2D eigenvalue weighted by Gasteiger charge is -2.42. The summed E-state index contributed by atoms with van der Waals surface area (Å²) >= 11 is 0. The van der Waals surface area contributed by atoms with Gasteiger partial charge in [0, 0.05) is 13.2 Å². The van der Waals surface area contributed by atoms with E-state index in [0.717, 1.165) is 119 Å². The zero-order valence-electron chi connectivity index (χ0n) is 89.4. The van der Waals surface area contributed by atoms with Crippen molar-refractivity contribution >= 4 is 6.29 Å². The van der Waals surface area contributed by atoms with Crippen molar-refractivity contribution in [1.82, 2.24) is 0 Å². The highest BCUT2D eigenvalue weighted by atomic mass is 16.5. The van der Waals surface area contributed by atoms with Crippen LogP contribution >= 0.6 is 0 Å². The maximum atomic E-state index is 11.0. The van der Waals surface area contributed by atoms with E-state index >= 15 is 0 Å². The Kier molecular flexibility index (Phi) is 71.6. The van der Waals surface area contributed by atoms with Gasteiger partial charge in [-0.05, 0) is 259 Å². The Morgan fingerprint density at radius 3 is 1.26 bits per heavy atom. The van der Waals surface area contributed by atoms with Crippen molar-refractivity contribution in [2.24, 2.45) is 143 Å². The highest BCUT2D eigenvalue weighted by molar-refractivity contribution is 5.56. The Balaban J connectivity index is -0.000000234. The zero-order valence-corrected chi connectivity index (χ0v) is 89.4. The Labute approximate surface area is 740 Å². The Hall–Kier alpha value is -0.870. The number of ether oxygens (including phenoxy) is 1. The number of aldehydes is 1. The fourth-order valence-electron chi connectivity index (χ4n) is 13.9. The van der Waals surface area contributed by atoms with Gasteiger partial charge in [0.25, 0.3) is 0 Å². The number of aliphatic hydroxyl groups excluding tert-OH is 6. The quantitative estimate of drug-likeness (QED) is 0.0216. The van der Waals surface area contributed by atoms with Crippen LogP contribution in [0.3, 0.4) is 0 Å². The maximum absolute atomic E-state index is 11.0. The van der Waals surface area contributed by atoms with Gasteiger partial charge in [0.2, 0.25) is 0 Å². The molecule has 1 aliphatic carbocycles. The predicted molar refractivity (Wildman–Crippen MR) is 527 cm³/mol. The van der Waals surface area contributed by atoms with Gasteiger partial charge in [0.05, 0.1) is 30.5 Å². The molecule has 6 N–H and O–H groups in total. The summed E-state index contributed by atoms with van der Waals surface area (Å²) in [5.41, 5.74) is 4.77. The average Bonchev–Trinajstić information content (AvgIpc) is 0.819. The summed E-state index contributed by atoms with van der Waals surface area (Å²) in [6.45, 7) is 109. The van der Waals surface area contributed by atoms with Gasteiger partial charge in [0.1, 0.15) is 12.4 Å². The molecule has 0 aromatic heterocycles. The summed E-state index contributed by atoms with van der Waals surface area (Å²) in [6.07, 6.45) is 31.7. The molecule has 0 aromatic carbocycles. The van der Waals surface area contributed by atoms with Gasteiger partial charge in [0.15, 0.2) is 0 Å². The fraction of sp³-hybridized carbons (Fsp3) is 0.972. The molecule has 0 aromatic rings. The van der Waals surface area contributed by atoms with E-state index < -0.39 is 0 Å². The molecule has 712 valence electrons. The number of hydrogen-bond donors (Lipinski definition) is 6. The minimum absolute atomic E-state index is 0.00824. The van der Waals surface area contributed by atoms with Gasteiger partial charge < -0.3 is 40.2 Å². The van der Waals surface area contributed by atoms with Gasteiger partial charge in [-0.2, -0.15) is 0 Å². The lowest BCUT2D eigenvalue weighted by Crippen LogP contribution is -2.42. The number of hydrogen-bond acceptors (Lipinski definition) is 8.